The van der Waals surface area contributed by atoms with E-state index >= 15 is 0 Å². The molecule has 0 saturated carbocycles. The Morgan fingerprint density at radius 3 is 2.54 bits per heavy atom. The average molecular weight is 460 g/mol. The lowest BCUT2D eigenvalue weighted by Crippen LogP contribution is -2.31. The molecule has 1 unspecified atom stereocenters. The van der Waals surface area contributed by atoms with Crippen molar-refractivity contribution in [2.45, 2.75) is 13.0 Å². The molecule has 35 heavy (non-hydrogen) atoms. The highest BCUT2D eigenvalue weighted by molar-refractivity contribution is 6.06. The molecule has 3 aromatic heterocycles. The standard InChI is InChI=1S/C27H21N7O/c1-17-23(26(35)31-20-10-6-14-29-16-20)24(19-9-5-13-28-15-19)34-27(30-17)32-25(33-34)22-12-4-8-18-7-2-3-11-21(18)22/h2-16,24H,1H3,(H,31,35)(H,30,32,33). The maximum Gasteiger partial charge on any atom is 0.255 e. The van der Waals surface area contributed by atoms with E-state index in [4.69, 9.17) is 10.1 Å². The van der Waals surface area contributed by atoms with Crippen LogP contribution in [0.2, 0.25) is 0 Å². The number of hydrogen-bond donors (Lipinski definition) is 2. The molecule has 1 aliphatic rings. The summed E-state index contributed by atoms with van der Waals surface area (Å²) in [5, 5.41) is 13.3. The van der Waals surface area contributed by atoms with Gasteiger partial charge in [0.2, 0.25) is 5.95 Å². The Hall–Kier alpha value is -4.85. The Labute approximate surface area is 201 Å². The van der Waals surface area contributed by atoms with Crippen LogP contribution in [-0.4, -0.2) is 30.6 Å². The number of carbonyl (C=O) groups is 1. The number of pyridine rings is 2. The predicted molar refractivity (Wildman–Crippen MR) is 135 cm³/mol. The van der Waals surface area contributed by atoms with Crippen molar-refractivity contribution in [3.8, 4) is 11.4 Å². The fourth-order valence-electron chi connectivity index (χ4n) is 4.46. The molecule has 6 rings (SSSR count). The highest BCUT2D eigenvalue weighted by Crippen LogP contribution is 2.37. The molecule has 1 atom stereocenters. The minimum absolute atomic E-state index is 0.246. The van der Waals surface area contributed by atoms with Gasteiger partial charge in [-0.3, -0.25) is 14.8 Å². The minimum Gasteiger partial charge on any atom is -0.328 e. The number of nitrogens with one attached hydrogen (secondary N) is 2. The topological polar surface area (TPSA) is 97.6 Å². The second kappa shape index (κ2) is 8.49. The number of hydrogen-bond acceptors (Lipinski definition) is 6. The van der Waals surface area contributed by atoms with Crippen LogP contribution in [0, 0.1) is 0 Å². The van der Waals surface area contributed by atoms with E-state index in [-0.39, 0.29) is 5.91 Å². The van der Waals surface area contributed by atoms with Gasteiger partial charge < -0.3 is 10.6 Å². The Morgan fingerprint density at radius 2 is 1.74 bits per heavy atom. The number of benzene rings is 2. The van der Waals surface area contributed by atoms with Gasteiger partial charge in [0.05, 0.1) is 17.5 Å². The van der Waals surface area contributed by atoms with Gasteiger partial charge in [-0.05, 0) is 41.5 Å². The summed E-state index contributed by atoms with van der Waals surface area (Å²) in [4.78, 5) is 26.7. The number of nitrogens with zero attached hydrogens (tertiary/aromatic N) is 5. The van der Waals surface area contributed by atoms with Crippen LogP contribution in [0.4, 0.5) is 11.6 Å². The van der Waals surface area contributed by atoms with Gasteiger partial charge in [-0.25, -0.2) is 4.68 Å². The van der Waals surface area contributed by atoms with E-state index in [1.54, 1.807) is 41.6 Å². The van der Waals surface area contributed by atoms with Gasteiger partial charge in [0, 0.05) is 29.9 Å². The first-order valence-corrected chi connectivity index (χ1v) is 11.2. The maximum absolute atomic E-state index is 13.5. The monoisotopic (exact) mass is 459 g/mol. The molecule has 0 fully saturated rings. The van der Waals surface area contributed by atoms with E-state index in [0.717, 1.165) is 21.9 Å². The molecule has 0 bridgehead atoms. The quantitative estimate of drug-likeness (QED) is 0.400. The molecule has 8 nitrogen and oxygen atoms in total. The first-order chi connectivity index (χ1) is 17.2. The van der Waals surface area contributed by atoms with E-state index in [9.17, 15) is 4.79 Å². The van der Waals surface area contributed by atoms with E-state index in [1.165, 1.54) is 0 Å². The Bertz CT molecular complexity index is 1570. The van der Waals surface area contributed by atoms with Gasteiger partial charge in [-0.1, -0.05) is 48.5 Å². The molecule has 0 aliphatic carbocycles. The molecule has 170 valence electrons. The van der Waals surface area contributed by atoms with Crippen LogP contribution in [-0.2, 0) is 4.79 Å². The summed E-state index contributed by atoms with van der Waals surface area (Å²) in [6, 6.07) is 21.1. The second-order valence-electron chi connectivity index (χ2n) is 8.28. The minimum atomic E-state index is -0.507. The zero-order chi connectivity index (χ0) is 23.8. The molecule has 4 heterocycles. The molecular formula is C27H21N7O. The number of aromatic nitrogens is 5. The average Bonchev–Trinajstić information content (AvgIpc) is 3.32. The Kier molecular flexibility index (Phi) is 5.03. The summed E-state index contributed by atoms with van der Waals surface area (Å²) in [7, 11) is 0. The Balaban J connectivity index is 1.47. The van der Waals surface area contributed by atoms with Crippen molar-refractivity contribution in [3.63, 3.8) is 0 Å². The molecule has 5 aromatic rings. The number of carbonyl (C=O) groups excluding carboxylic acids is 1. The lowest BCUT2D eigenvalue weighted by Gasteiger charge is -2.28. The zero-order valence-electron chi connectivity index (χ0n) is 18.9. The van der Waals surface area contributed by atoms with Crippen molar-refractivity contribution in [1.29, 1.82) is 0 Å². The lowest BCUT2D eigenvalue weighted by molar-refractivity contribution is -0.113. The van der Waals surface area contributed by atoms with Crippen LogP contribution in [0.25, 0.3) is 22.2 Å². The van der Waals surface area contributed by atoms with Crippen molar-refractivity contribution in [2.75, 3.05) is 10.6 Å². The molecule has 1 amide bonds. The highest BCUT2D eigenvalue weighted by atomic mass is 16.1. The molecule has 0 spiro atoms. The van der Waals surface area contributed by atoms with Crippen molar-refractivity contribution in [1.82, 2.24) is 24.7 Å². The van der Waals surface area contributed by atoms with Crippen LogP contribution in [0.1, 0.15) is 18.5 Å². The van der Waals surface area contributed by atoms with E-state index in [0.29, 0.717) is 28.7 Å². The fourth-order valence-corrected chi connectivity index (χ4v) is 4.46. The van der Waals surface area contributed by atoms with E-state index in [2.05, 4.69) is 38.8 Å². The summed E-state index contributed by atoms with van der Waals surface area (Å²) in [6.07, 6.45) is 6.74. The zero-order valence-corrected chi connectivity index (χ0v) is 18.9. The molecule has 2 N–H and O–H groups in total. The smallest absolute Gasteiger partial charge is 0.255 e. The first kappa shape index (κ1) is 20.7. The largest absolute Gasteiger partial charge is 0.328 e. The number of anilines is 2. The maximum atomic E-state index is 13.5. The van der Waals surface area contributed by atoms with Gasteiger partial charge in [0.15, 0.2) is 5.82 Å². The molecular weight excluding hydrogens is 438 g/mol. The van der Waals surface area contributed by atoms with Crippen LogP contribution < -0.4 is 10.6 Å². The number of fused-ring (bicyclic) bond motifs is 2. The van der Waals surface area contributed by atoms with Crippen molar-refractivity contribution in [2.24, 2.45) is 0 Å². The summed E-state index contributed by atoms with van der Waals surface area (Å²) in [5.41, 5.74) is 3.60. The van der Waals surface area contributed by atoms with Crippen LogP contribution in [0.3, 0.4) is 0 Å². The Morgan fingerprint density at radius 1 is 0.943 bits per heavy atom. The summed E-state index contributed by atoms with van der Waals surface area (Å²) in [6.45, 7) is 1.87. The number of allylic oxidation sites excluding steroid dienone is 1. The third-order valence-electron chi connectivity index (χ3n) is 6.05. The van der Waals surface area contributed by atoms with Crippen molar-refractivity contribution < 1.29 is 4.79 Å². The highest BCUT2D eigenvalue weighted by Gasteiger charge is 2.34. The first-order valence-electron chi connectivity index (χ1n) is 11.2. The number of amides is 1. The number of rotatable bonds is 4. The van der Waals surface area contributed by atoms with E-state index < -0.39 is 6.04 Å². The molecule has 0 saturated heterocycles. The van der Waals surface area contributed by atoms with Gasteiger partial charge in [0.25, 0.3) is 5.91 Å². The van der Waals surface area contributed by atoms with Crippen molar-refractivity contribution >= 4 is 28.3 Å². The van der Waals surface area contributed by atoms with Gasteiger partial charge in [-0.2, -0.15) is 4.98 Å². The molecule has 8 heteroatoms. The van der Waals surface area contributed by atoms with Crippen molar-refractivity contribution in [3.05, 3.63) is 108 Å². The summed E-state index contributed by atoms with van der Waals surface area (Å²) < 4.78 is 1.76. The molecule has 0 radical (unpaired) electrons. The van der Waals surface area contributed by atoms with Crippen LogP contribution in [0.5, 0.6) is 0 Å². The third kappa shape index (κ3) is 3.71. The SMILES string of the molecule is CC1=C(C(=O)Nc2cccnc2)C(c2cccnc2)n2nc(-c3cccc4ccccc34)nc2N1. The molecule has 1 aliphatic heterocycles. The fraction of sp³-hybridized carbons (Fsp3) is 0.0741. The predicted octanol–water partition coefficient (Wildman–Crippen LogP) is 4.82. The normalized spacial score (nSPS) is 14.9. The molecule has 2 aromatic carbocycles. The van der Waals surface area contributed by atoms with E-state index in [1.807, 2.05) is 43.3 Å². The van der Waals surface area contributed by atoms with Crippen LogP contribution >= 0.6 is 0 Å². The summed E-state index contributed by atoms with van der Waals surface area (Å²) >= 11 is 0. The summed E-state index contributed by atoms with van der Waals surface area (Å²) in [5.74, 6) is 0.904. The second-order valence-corrected chi connectivity index (χ2v) is 8.28. The van der Waals surface area contributed by atoms with Gasteiger partial charge in [-0.15, -0.1) is 5.10 Å². The van der Waals surface area contributed by atoms with Gasteiger partial charge >= 0.3 is 0 Å². The van der Waals surface area contributed by atoms with Gasteiger partial charge in [0.1, 0.15) is 6.04 Å². The van der Waals surface area contributed by atoms with Crippen LogP contribution in [0.15, 0.2) is 103 Å². The third-order valence-corrected chi connectivity index (χ3v) is 6.05. The lowest BCUT2D eigenvalue weighted by atomic mass is 9.96.